The van der Waals surface area contributed by atoms with Crippen molar-refractivity contribution in [2.75, 3.05) is 19.8 Å². The molecule has 1 aromatic carbocycles. The molecule has 0 aromatic heterocycles. The van der Waals surface area contributed by atoms with Crippen LogP contribution in [0.5, 0.6) is 0 Å². The lowest BCUT2D eigenvalue weighted by atomic mass is 9.99. The molecule has 2 fully saturated rings. The Morgan fingerprint density at radius 3 is 2.27 bits per heavy atom. The van der Waals surface area contributed by atoms with Crippen LogP contribution in [0.4, 0.5) is 0 Å². The summed E-state index contributed by atoms with van der Waals surface area (Å²) in [5, 5.41) is 2.92. The van der Waals surface area contributed by atoms with Crippen molar-refractivity contribution in [3.63, 3.8) is 0 Å². The van der Waals surface area contributed by atoms with E-state index in [9.17, 15) is 9.59 Å². The van der Waals surface area contributed by atoms with Crippen molar-refractivity contribution >= 4 is 11.8 Å². The Morgan fingerprint density at radius 1 is 1.04 bits per heavy atom. The van der Waals surface area contributed by atoms with Crippen LogP contribution in [0.3, 0.4) is 0 Å². The maximum absolute atomic E-state index is 13.0. The van der Waals surface area contributed by atoms with Crippen molar-refractivity contribution in [2.45, 2.75) is 57.9 Å². The highest BCUT2D eigenvalue weighted by Gasteiger charge is 2.36. The lowest BCUT2D eigenvalue weighted by molar-refractivity contribution is -0.100. The van der Waals surface area contributed by atoms with Crippen LogP contribution in [-0.4, -0.2) is 54.3 Å². The van der Waals surface area contributed by atoms with E-state index in [1.54, 1.807) is 24.3 Å². The topological polar surface area (TPSA) is 67.9 Å². The largest absolute Gasteiger partial charge is 0.348 e. The van der Waals surface area contributed by atoms with Crippen molar-refractivity contribution in [1.82, 2.24) is 10.2 Å². The SMILES string of the molecule is CC(C)(C)NC(=O)c1ccc(C(=O)N2CCCCC2C2OCCO2)cc1. The second-order valence-corrected chi connectivity index (χ2v) is 7.95. The van der Waals surface area contributed by atoms with Gasteiger partial charge in [0.25, 0.3) is 11.8 Å². The molecule has 2 aliphatic rings. The standard InChI is InChI=1S/C20H28N2O4/c1-20(2,3)21-17(23)14-7-9-15(10-8-14)18(24)22-11-5-4-6-16(22)19-25-12-13-26-19/h7-10,16,19H,4-6,11-13H2,1-3H3,(H,21,23). The number of piperidine rings is 1. The van der Waals surface area contributed by atoms with Crippen LogP contribution < -0.4 is 5.32 Å². The molecule has 1 atom stereocenters. The fraction of sp³-hybridized carbons (Fsp3) is 0.600. The minimum absolute atomic E-state index is 0.0309. The number of nitrogens with one attached hydrogen (secondary N) is 1. The summed E-state index contributed by atoms with van der Waals surface area (Å²) in [7, 11) is 0. The molecular formula is C20H28N2O4. The van der Waals surface area contributed by atoms with Gasteiger partial charge in [-0.3, -0.25) is 9.59 Å². The summed E-state index contributed by atoms with van der Waals surface area (Å²) in [6, 6.07) is 6.82. The third-order valence-electron chi connectivity index (χ3n) is 4.65. The smallest absolute Gasteiger partial charge is 0.254 e. The van der Waals surface area contributed by atoms with E-state index in [1.807, 2.05) is 25.7 Å². The van der Waals surface area contributed by atoms with Crippen molar-refractivity contribution in [1.29, 1.82) is 0 Å². The predicted octanol–water partition coefficient (Wildman–Crippen LogP) is 2.58. The average molecular weight is 360 g/mol. The van der Waals surface area contributed by atoms with E-state index in [4.69, 9.17) is 9.47 Å². The Kier molecular flexibility index (Phi) is 5.63. The van der Waals surface area contributed by atoms with Crippen LogP contribution in [0.2, 0.25) is 0 Å². The normalized spacial score (nSPS) is 21.7. The number of likely N-dealkylation sites (tertiary alicyclic amines) is 1. The van der Waals surface area contributed by atoms with E-state index in [1.165, 1.54) is 0 Å². The van der Waals surface area contributed by atoms with E-state index in [-0.39, 0.29) is 29.7 Å². The number of hydrogen-bond donors (Lipinski definition) is 1. The molecule has 0 aliphatic carbocycles. The average Bonchev–Trinajstić information content (AvgIpc) is 3.14. The van der Waals surface area contributed by atoms with Gasteiger partial charge in [0.05, 0.1) is 19.3 Å². The van der Waals surface area contributed by atoms with E-state index in [0.29, 0.717) is 30.9 Å². The van der Waals surface area contributed by atoms with Crippen molar-refractivity contribution in [2.24, 2.45) is 0 Å². The Balaban J connectivity index is 1.71. The zero-order valence-corrected chi connectivity index (χ0v) is 15.8. The van der Waals surface area contributed by atoms with Gasteiger partial charge in [-0.2, -0.15) is 0 Å². The number of ether oxygens (including phenoxy) is 2. The van der Waals surface area contributed by atoms with Gasteiger partial charge in [-0.25, -0.2) is 0 Å². The summed E-state index contributed by atoms with van der Waals surface area (Å²) in [5.74, 6) is -0.170. The minimum Gasteiger partial charge on any atom is -0.348 e. The summed E-state index contributed by atoms with van der Waals surface area (Å²) in [4.78, 5) is 27.1. The fourth-order valence-electron chi connectivity index (χ4n) is 3.43. The van der Waals surface area contributed by atoms with Gasteiger partial charge in [-0.1, -0.05) is 0 Å². The summed E-state index contributed by atoms with van der Waals surface area (Å²) >= 11 is 0. The summed E-state index contributed by atoms with van der Waals surface area (Å²) in [5.41, 5.74) is 0.838. The molecule has 6 heteroatoms. The maximum atomic E-state index is 13.0. The van der Waals surface area contributed by atoms with Crippen molar-refractivity contribution in [3.8, 4) is 0 Å². The van der Waals surface area contributed by atoms with Gasteiger partial charge in [-0.05, 0) is 64.3 Å². The van der Waals surface area contributed by atoms with Crippen LogP contribution in [-0.2, 0) is 9.47 Å². The first-order chi connectivity index (χ1) is 12.3. The number of nitrogens with zero attached hydrogens (tertiary/aromatic N) is 1. The van der Waals surface area contributed by atoms with Crippen LogP contribution in [0, 0.1) is 0 Å². The maximum Gasteiger partial charge on any atom is 0.254 e. The molecule has 2 aliphatic heterocycles. The first kappa shape index (κ1) is 18.9. The van der Waals surface area contributed by atoms with Crippen molar-refractivity contribution in [3.05, 3.63) is 35.4 Å². The Labute approximate surface area is 154 Å². The highest BCUT2D eigenvalue weighted by molar-refractivity contribution is 5.98. The molecule has 1 unspecified atom stereocenters. The molecule has 0 bridgehead atoms. The third-order valence-corrected chi connectivity index (χ3v) is 4.65. The number of hydrogen-bond acceptors (Lipinski definition) is 4. The van der Waals surface area contributed by atoms with Gasteiger partial charge in [0, 0.05) is 23.2 Å². The Hall–Kier alpha value is -1.92. The summed E-state index contributed by atoms with van der Waals surface area (Å²) < 4.78 is 11.3. The number of carbonyl (C=O) groups excluding carboxylic acids is 2. The minimum atomic E-state index is -0.323. The summed E-state index contributed by atoms with van der Waals surface area (Å²) in [6.45, 7) is 7.69. The number of benzene rings is 1. The summed E-state index contributed by atoms with van der Waals surface area (Å²) in [6.07, 6.45) is 2.63. The van der Waals surface area contributed by atoms with Crippen LogP contribution >= 0.6 is 0 Å². The molecule has 1 N–H and O–H groups in total. The molecule has 26 heavy (non-hydrogen) atoms. The second kappa shape index (κ2) is 7.76. The third kappa shape index (κ3) is 4.43. The van der Waals surface area contributed by atoms with E-state index in [0.717, 1.165) is 19.3 Å². The monoisotopic (exact) mass is 360 g/mol. The molecule has 2 amide bonds. The first-order valence-electron chi connectivity index (χ1n) is 9.32. The first-order valence-corrected chi connectivity index (χ1v) is 9.32. The van der Waals surface area contributed by atoms with Crippen LogP contribution in [0.15, 0.2) is 24.3 Å². The van der Waals surface area contributed by atoms with E-state index >= 15 is 0 Å². The Bertz CT molecular complexity index is 645. The van der Waals surface area contributed by atoms with Crippen LogP contribution in [0.25, 0.3) is 0 Å². The molecular weight excluding hydrogens is 332 g/mol. The molecule has 1 aromatic rings. The van der Waals surface area contributed by atoms with Gasteiger partial charge in [-0.15, -0.1) is 0 Å². The predicted molar refractivity (Wildman–Crippen MR) is 98.0 cm³/mol. The zero-order chi connectivity index (χ0) is 18.7. The molecule has 6 nitrogen and oxygen atoms in total. The van der Waals surface area contributed by atoms with Crippen molar-refractivity contribution < 1.29 is 19.1 Å². The van der Waals surface area contributed by atoms with Gasteiger partial charge in [0.2, 0.25) is 0 Å². The molecule has 142 valence electrons. The van der Waals surface area contributed by atoms with Gasteiger partial charge >= 0.3 is 0 Å². The lowest BCUT2D eigenvalue weighted by Gasteiger charge is -2.38. The molecule has 0 spiro atoms. The fourth-order valence-corrected chi connectivity index (χ4v) is 3.43. The molecule has 2 saturated heterocycles. The number of amides is 2. The van der Waals surface area contributed by atoms with Gasteiger partial charge in [0.1, 0.15) is 0 Å². The molecule has 0 saturated carbocycles. The highest BCUT2D eigenvalue weighted by Crippen LogP contribution is 2.26. The molecule has 3 rings (SSSR count). The zero-order valence-electron chi connectivity index (χ0n) is 15.8. The number of rotatable bonds is 3. The number of carbonyl (C=O) groups is 2. The van der Waals surface area contributed by atoms with Gasteiger partial charge in [0.15, 0.2) is 6.29 Å². The second-order valence-electron chi connectivity index (χ2n) is 7.95. The molecule has 2 heterocycles. The lowest BCUT2D eigenvalue weighted by Crippen LogP contribution is -2.50. The van der Waals surface area contributed by atoms with Gasteiger partial charge < -0.3 is 19.7 Å². The molecule has 0 radical (unpaired) electrons. The van der Waals surface area contributed by atoms with Crippen LogP contribution in [0.1, 0.15) is 60.7 Å². The Morgan fingerprint density at radius 2 is 1.65 bits per heavy atom. The van der Waals surface area contributed by atoms with E-state index < -0.39 is 0 Å². The highest BCUT2D eigenvalue weighted by atomic mass is 16.7. The van der Waals surface area contributed by atoms with E-state index in [2.05, 4.69) is 5.32 Å². The quantitative estimate of drug-likeness (QED) is 0.900.